The summed E-state index contributed by atoms with van der Waals surface area (Å²) in [7, 11) is 0. The molecular weight excluding hydrogens is 729 g/mol. The van der Waals surface area contributed by atoms with Crippen LogP contribution < -0.4 is 0 Å². The molecule has 0 bridgehead atoms. The monoisotopic (exact) mass is 780 g/mol. The van der Waals surface area contributed by atoms with Crippen LogP contribution in [0, 0.1) is 10.5 Å². The number of unbranched alkanes of at least 4 members (excludes halogenated alkanes) is 3. The van der Waals surface area contributed by atoms with Crippen LogP contribution >= 0.6 is 45.2 Å². The van der Waals surface area contributed by atoms with Crippen LogP contribution in [0.1, 0.15) is 78.7 Å². The van der Waals surface area contributed by atoms with Crippen molar-refractivity contribution in [3.8, 4) is 0 Å². The van der Waals surface area contributed by atoms with Crippen LogP contribution in [0.2, 0.25) is 18.2 Å². The van der Waals surface area contributed by atoms with Gasteiger partial charge in [0.15, 0.2) is 0 Å². The normalized spacial score (nSPS) is 10.3. The molecule has 2 rings (SSSR count). The van der Waals surface area contributed by atoms with Gasteiger partial charge in [0.1, 0.15) is 0 Å². The predicted octanol–water partition coefficient (Wildman–Crippen LogP) is 9.24. The minimum atomic E-state index is -1.56. The second-order valence-electron chi connectivity index (χ2n) is 8.51. The summed E-state index contributed by atoms with van der Waals surface area (Å²) in [6, 6.07) is 0. The summed E-state index contributed by atoms with van der Waals surface area (Å²) >= 11 is 2.83. The van der Waals surface area contributed by atoms with Gasteiger partial charge >= 0.3 is 95.9 Å². The van der Waals surface area contributed by atoms with Crippen LogP contribution in [-0.4, -0.2) is 42.9 Å². The Hall–Kier alpha value is 0.679. The van der Waals surface area contributed by atoms with Crippen molar-refractivity contribution < 1.29 is 0 Å². The molecule has 0 amide bonds. The van der Waals surface area contributed by atoms with Gasteiger partial charge in [-0.15, -0.1) is 0 Å². The van der Waals surface area contributed by atoms with Crippen molar-refractivity contribution in [2.75, 3.05) is 4.93 Å². The van der Waals surface area contributed by atoms with Gasteiger partial charge in [0.25, 0.3) is 0 Å². The van der Waals surface area contributed by atoms with Crippen molar-refractivity contribution in [2.24, 2.45) is 0 Å². The number of rotatable bonds is 11. The van der Waals surface area contributed by atoms with Crippen molar-refractivity contribution in [1.82, 2.24) is 19.6 Å². The zero-order valence-corrected chi connectivity index (χ0v) is 29.3. The molecule has 188 valence electrons. The molecule has 7 heteroatoms. The largest absolute Gasteiger partial charge is 0.273 e. The van der Waals surface area contributed by atoms with Crippen LogP contribution in [0.15, 0.2) is 24.8 Å². The van der Waals surface area contributed by atoms with Gasteiger partial charge < -0.3 is 0 Å². The van der Waals surface area contributed by atoms with E-state index in [-0.39, 0.29) is 0 Å². The fourth-order valence-electron chi connectivity index (χ4n) is 3.34. The van der Waals surface area contributed by atoms with Gasteiger partial charge in [0.2, 0.25) is 0 Å². The number of halogens is 2. The average molecular weight is 779 g/mol. The van der Waals surface area contributed by atoms with Crippen molar-refractivity contribution in [1.29, 1.82) is 0 Å². The minimum Gasteiger partial charge on any atom is -0.273 e. The van der Waals surface area contributed by atoms with Crippen molar-refractivity contribution in [3.63, 3.8) is 0 Å². The number of alkyl halides is 1. The maximum atomic E-state index is 4.05. The van der Waals surface area contributed by atoms with Gasteiger partial charge in [0.05, 0.1) is 16.0 Å². The standard InChI is InChI=1S/C6H10N2.C5H7IN2.3C4H9.CH3I.CH3.Sn/c1-3-8-5-6(2)4-7-8;1-2-8-4-5(6)3-7-8;3*1-3-4-2;1-2;;/h4-5H,3H2,1-2H3;3-4H,2H2,1H3;3*1,3-4H2,2H3;1H3;1H3;. The van der Waals surface area contributed by atoms with E-state index < -0.39 is 18.4 Å². The third kappa shape index (κ3) is 19.0. The molecule has 0 saturated heterocycles. The molecule has 4 nitrogen and oxygen atoms in total. The van der Waals surface area contributed by atoms with Gasteiger partial charge in [-0.25, -0.2) is 0 Å². The van der Waals surface area contributed by atoms with E-state index in [0.29, 0.717) is 0 Å². The Morgan fingerprint density at radius 2 is 1.16 bits per heavy atom. The van der Waals surface area contributed by atoms with E-state index in [4.69, 9.17) is 0 Å². The van der Waals surface area contributed by atoms with Gasteiger partial charge in [-0.2, -0.15) is 10.2 Å². The molecule has 2 aromatic heterocycles. The summed E-state index contributed by atoms with van der Waals surface area (Å²) in [5, 5.41) is 8.09. The molecule has 0 aliphatic heterocycles. The summed E-state index contributed by atoms with van der Waals surface area (Å²) in [4.78, 5) is 4.69. The first-order valence-electron chi connectivity index (χ1n) is 12.4. The number of nitrogens with zero attached hydrogens (tertiary/aromatic N) is 4. The molecule has 0 spiro atoms. The van der Waals surface area contributed by atoms with E-state index in [1.165, 1.54) is 47.7 Å². The molecular formula is C25H50I2N4Sn. The quantitative estimate of drug-likeness (QED) is 0.130. The topological polar surface area (TPSA) is 35.6 Å². The summed E-state index contributed by atoms with van der Waals surface area (Å²) in [6.45, 7) is 15.1. The Bertz CT molecular complexity index is 581. The van der Waals surface area contributed by atoms with E-state index >= 15 is 0 Å². The summed E-state index contributed by atoms with van der Waals surface area (Å²) in [5.41, 5.74) is 1.23. The molecule has 0 atom stereocenters. The van der Waals surface area contributed by atoms with Crippen LogP contribution in [0.25, 0.3) is 0 Å². The van der Waals surface area contributed by atoms with Crippen molar-refractivity contribution in [2.45, 2.75) is 111 Å². The molecule has 32 heavy (non-hydrogen) atoms. The predicted molar refractivity (Wildman–Crippen MR) is 164 cm³/mol. The maximum Gasteiger partial charge on any atom is 0.0623 e. The summed E-state index contributed by atoms with van der Waals surface area (Å²) in [6.07, 6.45) is 16.5. The van der Waals surface area contributed by atoms with Gasteiger partial charge in [-0.1, -0.05) is 22.6 Å². The van der Waals surface area contributed by atoms with Crippen LogP contribution in [0.5, 0.6) is 0 Å². The Balaban J connectivity index is 0. The first-order valence-corrected chi connectivity index (χ1v) is 24.5. The number of aromatic nitrogens is 4. The fourth-order valence-corrected chi connectivity index (χ4v) is 16.3. The zero-order valence-electron chi connectivity index (χ0n) is 22.1. The third-order valence-electron chi connectivity index (χ3n) is 5.41. The van der Waals surface area contributed by atoms with E-state index in [1.807, 2.05) is 46.0 Å². The van der Waals surface area contributed by atoms with Crippen LogP contribution in [0.3, 0.4) is 0 Å². The Morgan fingerprint density at radius 1 is 0.750 bits per heavy atom. The van der Waals surface area contributed by atoms with E-state index in [9.17, 15) is 0 Å². The van der Waals surface area contributed by atoms with Crippen LogP contribution in [-0.2, 0) is 13.1 Å². The second-order valence-corrected chi connectivity index (χ2v) is 24.4. The molecule has 2 heterocycles. The molecule has 0 aliphatic carbocycles. The second kappa shape index (κ2) is 23.4. The molecule has 0 aliphatic rings. The van der Waals surface area contributed by atoms with E-state index in [2.05, 4.69) is 94.9 Å². The number of hydrogen-bond donors (Lipinski definition) is 0. The smallest absolute Gasteiger partial charge is 0.0623 e. The van der Waals surface area contributed by atoms with Crippen molar-refractivity contribution >= 4 is 63.6 Å². The van der Waals surface area contributed by atoms with Crippen molar-refractivity contribution in [3.05, 3.63) is 33.9 Å². The average Bonchev–Trinajstić information content (AvgIpc) is 3.44. The van der Waals surface area contributed by atoms with Gasteiger partial charge in [-0.3, -0.25) is 9.36 Å². The minimum absolute atomic E-state index is 0.961. The third-order valence-corrected chi connectivity index (χ3v) is 19.3. The van der Waals surface area contributed by atoms with Gasteiger partial charge in [0, 0.05) is 25.5 Å². The molecule has 0 radical (unpaired) electrons. The molecule has 0 N–H and O–H groups in total. The van der Waals surface area contributed by atoms with E-state index in [1.54, 1.807) is 13.3 Å². The zero-order chi connectivity index (χ0) is 24.8. The summed E-state index contributed by atoms with van der Waals surface area (Å²) in [5.74, 6) is 0. The first kappa shape index (κ1) is 34.8. The molecule has 0 unspecified atom stereocenters. The maximum absolute atomic E-state index is 4.05. The molecule has 2 aromatic rings. The molecule has 0 saturated carbocycles. The first-order chi connectivity index (χ1) is 15.3. The number of hydrogen-bond acceptors (Lipinski definition) is 2. The fraction of sp³-hybridized carbons (Fsp3) is 0.760. The van der Waals surface area contributed by atoms with Gasteiger partial charge in [-0.05, 0) is 53.9 Å². The Morgan fingerprint density at radius 3 is 1.38 bits per heavy atom. The molecule has 0 fully saturated rings. The SMILES string of the molecule is CCC[CH2][Sn]([CH3])([CH2]CCC)[CH2]CCC.CCn1cc(C)cn1.CCn1cc(I)cn1.CI. The summed E-state index contributed by atoms with van der Waals surface area (Å²) < 4.78 is 9.99. The number of aryl methyl sites for hydroxylation is 3. The van der Waals surface area contributed by atoms with E-state index in [0.717, 1.165) is 13.1 Å². The Labute approximate surface area is 231 Å². The molecule has 0 aromatic carbocycles. The van der Waals surface area contributed by atoms with Crippen LogP contribution in [0.4, 0.5) is 0 Å². The Kier molecular flexibility index (Phi) is 25.5.